The molecule has 2 aliphatic carbocycles. The normalized spacial score (nSPS) is 33.1. The molecule has 0 radical (unpaired) electrons. The van der Waals surface area contributed by atoms with E-state index in [4.69, 9.17) is 4.11 Å². The molecule has 2 aromatic rings. The van der Waals surface area contributed by atoms with Gasteiger partial charge in [0.25, 0.3) is 0 Å². The molecule has 2 atom stereocenters. The van der Waals surface area contributed by atoms with Crippen molar-refractivity contribution in [2.45, 2.75) is 38.5 Å². The third-order valence-electron chi connectivity index (χ3n) is 5.09. The van der Waals surface area contributed by atoms with Gasteiger partial charge in [0.1, 0.15) is 11.5 Å². The molecule has 1 saturated carbocycles. The van der Waals surface area contributed by atoms with Crippen LogP contribution in [-0.4, -0.2) is 10.9 Å². The molecular weight excluding hydrogens is 248 g/mol. The van der Waals surface area contributed by atoms with Gasteiger partial charge in [0.15, 0.2) is 0 Å². The summed E-state index contributed by atoms with van der Waals surface area (Å²) in [6, 6.07) is 7.23. The van der Waals surface area contributed by atoms with Gasteiger partial charge in [-0.2, -0.15) is 0 Å². The standard InChI is InChI=1S/C18H18O2/c1-18-9-8-14-13-5-3-12(19)10-11(13)2-4-15(14)16(18)6-7-17(18)20/h2-5,10,16,19H,6-9H2,1H3/t16-,18-/m0/s1/i7D2,10D. The minimum atomic E-state index is -1.76. The predicted octanol–water partition coefficient (Wildman–Crippen LogP) is 3.94. The zero-order valence-electron chi connectivity index (χ0n) is 14.4. The lowest BCUT2D eigenvalue weighted by Crippen LogP contribution is -2.32. The number of benzene rings is 2. The van der Waals surface area contributed by atoms with Crippen molar-refractivity contribution in [2.75, 3.05) is 0 Å². The molecule has 0 aliphatic heterocycles. The lowest BCUT2D eigenvalue weighted by molar-refractivity contribution is -0.126. The van der Waals surface area contributed by atoms with E-state index in [0.29, 0.717) is 18.2 Å². The van der Waals surface area contributed by atoms with E-state index in [9.17, 15) is 9.90 Å². The Morgan fingerprint density at radius 2 is 2.25 bits per heavy atom. The fraction of sp³-hybridized carbons (Fsp3) is 0.389. The zero-order chi connectivity index (χ0) is 16.6. The maximum Gasteiger partial charge on any atom is 0.139 e. The molecule has 0 aromatic heterocycles. The van der Waals surface area contributed by atoms with Crippen LogP contribution in [0.4, 0.5) is 0 Å². The average Bonchev–Trinajstić information content (AvgIpc) is 2.70. The summed E-state index contributed by atoms with van der Waals surface area (Å²) in [5, 5.41) is 11.4. The SMILES string of the molecule is [2H]c1c(O)ccc2c3c(ccc12)[C@@H]1CC([2H])([2H])C(=O)[C@@]1(C)CC3. The second-order valence-electron chi connectivity index (χ2n) is 6.12. The third-order valence-corrected chi connectivity index (χ3v) is 5.09. The van der Waals surface area contributed by atoms with Crippen LogP contribution in [0, 0.1) is 5.41 Å². The number of aromatic hydroxyl groups is 1. The monoisotopic (exact) mass is 269 g/mol. The maximum absolute atomic E-state index is 12.5. The van der Waals surface area contributed by atoms with Crippen molar-refractivity contribution in [1.29, 1.82) is 0 Å². The van der Waals surface area contributed by atoms with Crippen LogP contribution in [0.1, 0.15) is 47.3 Å². The van der Waals surface area contributed by atoms with Crippen molar-refractivity contribution >= 4 is 16.6 Å². The number of hydrogen-bond acceptors (Lipinski definition) is 2. The molecule has 0 bridgehead atoms. The molecule has 0 unspecified atom stereocenters. The molecule has 2 aromatic carbocycles. The number of hydrogen-bond donors (Lipinski definition) is 1. The number of carbonyl (C=O) groups is 1. The van der Waals surface area contributed by atoms with Gasteiger partial charge in [-0.05, 0) is 59.2 Å². The summed E-state index contributed by atoms with van der Waals surface area (Å²) in [5.41, 5.74) is 1.50. The molecule has 0 heterocycles. The Bertz CT molecular complexity index is 859. The van der Waals surface area contributed by atoms with Crippen LogP contribution < -0.4 is 0 Å². The Morgan fingerprint density at radius 3 is 3.10 bits per heavy atom. The molecule has 0 spiro atoms. The molecule has 0 amide bonds. The van der Waals surface area contributed by atoms with E-state index in [0.717, 1.165) is 16.5 Å². The van der Waals surface area contributed by atoms with Crippen LogP contribution in [0.5, 0.6) is 5.75 Å². The van der Waals surface area contributed by atoms with Crippen LogP contribution in [0.2, 0.25) is 0 Å². The molecule has 0 saturated heterocycles. The highest BCUT2D eigenvalue weighted by molar-refractivity contribution is 5.92. The van der Waals surface area contributed by atoms with Crippen LogP contribution in [0.3, 0.4) is 0 Å². The Hall–Kier alpha value is -1.83. The van der Waals surface area contributed by atoms with Gasteiger partial charge in [-0.1, -0.05) is 25.1 Å². The number of phenolic OH excluding ortho intramolecular Hbond substituents is 1. The molecule has 2 aliphatic rings. The molecule has 20 heavy (non-hydrogen) atoms. The summed E-state index contributed by atoms with van der Waals surface area (Å²) in [5.74, 6) is -0.417. The van der Waals surface area contributed by atoms with E-state index >= 15 is 0 Å². The first-order chi connectivity index (χ1) is 10.8. The summed E-state index contributed by atoms with van der Waals surface area (Å²) < 4.78 is 24.1. The Balaban J connectivity index is 1.96. The van der Waals surface area contributed by atoms with Crippen molar-refractivity contribution in [1.82, 2.24) is 0 Å². The summed E-state index contributed by atoms with van der Waals surface area (Å²) in [6.07, 6.45) is -0.194. The molecule has 2 nitrogen and oxygen atoms in total. The van der Waals surface area contributed by atoms with Crippen LogP contribution >= 0.6 is 0 Å². The highest BCUT2D eigenvalue weighted by atomic mass is 16.3. The van der Waals surface area contributed by atoms with Gasteiger partial charge < -0.3 is 5.11 Å². The molecule has 1 N–H and O–H groups in total. The van der Waals surface area contributed by atoms with Crippen molar-refractivity contribution in [3.05, 3.63) is 41.4 Å². The lowest BCUT2D eigenvalue weighted by Gasteiger charge is -2.37. The Morgan fingerprint density at radius 1 is 1.40 bits per heavy atom. The summed E-state index contributed by atoms with van der Waals surface area (Å²) in [7, 11) is 0. The van der Waals surface area contributed by atoms with E-state index in [-0.39, 0.29) is 29.9 Å². The first-order valence-electron chi connectivity index (χ1n) is 8.55. The topological polar surface area (TPSA) is 37.3 Å². The van der Waals surface area contributed by atoms with Gasteiger partial charge in [-0.3, -0.25) is 4.79 Å². The highest BCUT2D eigenvalue weighted by Crippen LogP contribution is 2.54. The highest BCUT2D eigenvalue weighted by Gasteiger charge is 2.49. The van der Waals surface area contributed by atoms with Gasteiger partial charge >= 0.3 is 0 Å². The summed E-state index contributed by atoms with van der Waals surface area (Å²) in [6.45, 7) is 1.89. The largest absolute Gasteiger partial charge is 0.508 e. The van der Waals surface area contributed by atoms with E-state index in [2.05, 4.69) is 0 Å². The number of fused-ring (bicyclic) bond motifs is 5. The molecule has 102 valence electrons. The van der Waals surface area contributed by atoms with E-state index in [1.165, 1.54) is 6.07 Å². The lowest BCUT2D eigenvalue weighted by atomic mass is 9.66. The second-order valence-corrected chi connectivity index (χ2v) is 6.12. The van der Waals surface area contributed by atoms with Crippen LogP contribution in [0.25, 0.3) is 10.8 Å². The quantitative estimate of drug-likeness (QED) is 0.786. The maximum atomic E-state index is 12.5. The minimum Gasteiger partial charge on any atom is -0.508 e. The number of Topliss-reactive ketones (excluding diaryl/α,β-unsaturated/α-hetero) is 1. The van der Waals surface area contributed by atoms with Gasteiger partial charge in [-0.15, -0.1) is 0 Å². The smallest absolute Gasteiger partial charge is 0.139 e. The zero-order valence-corrected chi connectivity index (χ0v) is 11.4. The number of ketones is 1. The number of carbonyl (C=O) groups excluding carboxylic acids is 1. The second kappa shape index (κ2) is 3.85. The fourth-order valence-corrected chi connectivity index (χ4v) is 3.83. The Kier molecular flexibility index (Phi) is 1.76. The van der Waals surface area contributed by atoms with Gasteiger partial charge in [0.05, 0.1) is 1.37 Å². The van der Waals surface area contributed by atoms with E-state index < -0.39 is 11.8 Å². The van der Waals surface area contributed by atoms with Crippen LogP contribution in [-0.2, 0) is 11.2 Å². The fourth-order valence-electron chi connectivity index (χ4n) is 3.83. The number of aryl methyl sites for hydroxylation is 1. The molecular formula is C18H18O2. The third kappa shape index (κ3) is 1.42. The summed E-state index contributed by atoms with van der Waals surface area (Å²) in [4.78, 5) is 12.5. The van der Waals surface area contributed by atoms with Gasteiger partial charge in [0, 0.05) is 14.5 Å². The van der Waals surface area contributed by atoms with Gasteiger partial charge in [0.2, 0.25) is 0 Å². The first kappa shape index (κ1) is 9.17. The van der Waals surface area contributed by atoms with Gasteiger partial charge in [-0.25, -0.2) is 0 Å². The van der Waals surface area contributed by atoms with Crippen molar-refractivity contribution in [3.8, 4) is 5.75 Å². The summed E-state index contributed by atoms with van der Waals surface area (Å²) >= 11 is 0. The number of phenols is 1. The van der Waals surface area contributed by atoms with Crippen molar-refractivity contribution < 1.29 is 14.0 Å². The van der Waals surface area contributed by atoms with E-state index in [1.807, 2.05) is 25.1 Å². The average molecular weight is 269 g/mol. The Labute approximate surface area is 122 Å². The minimum absolute atomic E-state index is 0.0366. The molecule has 2 heteroatoms. The van der Waals surface area contributed by atoms with Crippen molar-refractivity contribution in [2.24, 2.45) is 5.41 Å². The van der Waals surface area contributed by atoms with Crippen molar-refractivity contribution in [3.63, 3.8) is 0 Å². The molecule has 1 fully saturated rings. The molecule has 4 rings (SSSR count). The van der Waals surface area contributed by atoms with E-state index in [1.54, 1.807) is 0 Å². The first-order valence-corrected chi connectivity index (χ1v) is 7.05. The number of rotatable bonds is 0. The predicted molar refractivity (Wildman–Crippen MR) is 79.0 cm³/mol. The van der Waals surface area contributed by atoms with Crippen LogP contribution in [0.15, 0.2) is 30.3 Å².